The Morgan fingerprint density at radius 3 is 2.50 bits per heavy atom. The lowest BCUT2D eigenvalue weighted by atomic mass is 9.92. The summed E-state index contributed by atoms with van der Waals surface area (Å²) in [6.07, 6.45) is 0. The van der Waals surface area contributed by atoms with Gasteiger partial charge in [0.1, 0.15) is 5.75 Å². The molecule has 0 bridgehead atoms. The van der Waals surface area contributed by atoms with E-state index in [1.165, 1.54) is 16.7 Å². The van der Waals surface area contributed by atoms with E-state index < -0.39 is 0 Å². The first-order chi connectivity index (χ1) is 9.58. The van der Waals surface area contributed by atoms with E-state index in [2.05, 4.69) is 37.4 Å². The molecule has 2 nitrogen and oxygen atoms in total. The highest BCUT2D eigenvalue weighted by Crippen LogP contribution is 2.33. The molecule has 0 aromatic heterocycles. The van der Waals surface area contributed by atoms with E-state index in [1.54, 1.807) is 7.11 Å². The minimum Gasteiger partial charge on any atom is -0.496 e. The van der Waals surface area contributed by atoms with Crippen LogP contribution in [0.5, 0.6) is 5.75 Å². The number of aryl methyl sites for hydroxylation is 1. The van der Waals surface area contributed by atoms with Crippen molar-refractivity contribution >= 4 is 11.6 Å². The van der Waals surface area contributed by atoms with Gasteiger partial charge in [0.2, 0.25) is 0 Å². The van der Waals surface area contributed by atoms with Gasteiger partial charge in [-0.25, -0.2) is 0 Å². The van der Waals surface area contributed by atoms with Gasteiger partial charge in [0.25, 0.3) is 0 Å². The van der Waals surface area contributed by atoms with Crippen LogP contribution in [0.4, 0.5) is 0 Å². The van der Waals surface area contributed by atoms with Crippen LogP contribution in [-0.4, -0.2) is 14.2 Å². The average Bonchev–Trinajstić information content (AvgIpc) is 2.45. The van der Waals surface area contributed by atoms with Crippen LogP contribution in [-0.2, 0) is 0 Å². The first kappa shape index (κ1) is 14.9. The van der Waals surface area contributed by atoms with Crippen LogP contribution in [0.3, 0.4) is 0 Å². The monoisotopic (exact) mass is 289 g/mol. The number of hydrogen-bond donors (Lipinski definition) is 1. The summed E-state index contributed by atoms with van der Waals surface area (Å²) < 4.78 is 5.48. The smallest absolute Gasteiger partial charge is 0.125 e. The molecule has 3 heteroatoms. The maximum absolute atomic E-state index is 6.05. The summed E-state index contributed by atoms with van der Waals surface area (Å²) in [7, 11) is 3.63. The fraction of sp³-hybridized carbons (Fsp3) is 0.294. The van der Waals surface area contributed by atoms with Crippen LogP contribution >= 0.6 is 11.6 Å². The Morgan fingerprint density at radius 2 is 1.85 bits per heavy atom. The van der Waals surface area contributed by atoms with Gasteiger partial charge >= 0.3 is 0 Å². The molecule has 0 amide bonds. The lowest BCUT2D eigenvalue weighted by Gasteiger charge is -2.22. The van der Waals surface area contributed by atoms with E-state index in [1.807, 2.05) is 25.2 Å². The van der Waals surface area contributed by atoms with Crippen LogP contribution in [0.15, 0.2) is 36.4 Å². The highest BCUT2D eigenvalue weighted by molar-refractivity contribution is 6.30. The summed E-state index contributed by atoms with van der Waals surface area (Å²) in [5.74, 6) is 0.803. The molecule has 0 aliphatic heterocycles. The van der Waals surface area contributed by atoms with Crippen molar-refractivity contribution in [1.82, 2.24) is 5.32 Å². The minimum absolute atomic E-state index is 0.0853. The molecule has 20 heavy (non-hydrogen) atoms. The van der Waals surface area contributed by atoms with Crippen LogP contribution in [0, 0.1) is 13.8 Å². The van der Waals surface area contributed by atoms with E-state index in [0.717, 1.165) is 11.3 Å². The predicted octanol–water partition coefficient (Wildman–Crippen LogP) is 4.27. The lowest BCUT2D eigenvalue weighted by molar-refractivity contribution is 0.405. The van der Waals surface area contributed by atoms with Gasteiger partial charge in [-0.15, -0.1) is 0 Å². The molecule has 0 fully saturated rings. The number of rotatable bonds is 4. The maximum Gasteiger partial charge on any atom is 0.125 e. The second-order valence-corrected chi connectivity index (χ2v) is 5.33. The number of methoxy groups -OCH3 is 1. The van der Waals surface area contributed by atoms with Crippen LogP contribution in [0.2, 0.25) is 5.02 Å². The highest BCUT2D eigenvalue weighted by atomic mass is 35.5. The normalized spacial score (nSPS) is 12.2. The second-order valence-electron chi connectivity index (χ2n) is 4.90. The molecule has 0 radical (unpaired) electrons. The number of ether oxygens (including phenoxy) is 1. The first-order valence-electron chi connectivity index (χ1n) is 6.65. The maximum atomic E-state index is 6.05. The zero-order valence-electron chi connectivity index (χ0n) is 12.3. The van der Waals surface area contributed by atoms with Crippen molar-refractivity contribution in [2.24, 2.45) is 0 Å². The zero-order valence-corrected chi connectivity index (χ0v) is 13.1. The molecule has 2 rings (SSSR count). The van der Waals surface area contributed by atoms with Crippen molar-refractivity contribution in [3.8, 4) is 5.75 Å². The van der Waals surface area contributed by atoms with E-state index >= 15 is 0 Å². The van der Waals surface area contributed by atoms with Gasteiger partial charge < -0.3 is 10.1 Å². The molecular weight excluding hydrogens is 270 g/mol. The third kappa shape index (κ3) is 2.82. The fourth-order valence-corrected chi connectivity index (χ4v) is 2.65. The molecule has 0 spiro atoms. The molecule has 0 heterocycles. The zero-order chi connectivity index (χ0) is 14.7. The lowest BCUT2D eigenvalue weighted by Crippen LogP contribution is -2.19. The third-order valence-corrected chi connectivity index (χ3v) is 3.99. The van der Waals surface area contributed by atoms with Crippen LogP contribution < -0.4 is 10.1 Å². The Kier molecular flexibility index (Phi) is 4.69. The summed E-state index contributed by atoms with van der Waals surface area (Å²) in [4.78, 5) is 0. The highest BCUT2D eigenvalue weighted by Gasteiger charge is 2.19. The van der Waals surface area contributed by atoms with Gasteiger partial charge in [0, 0.05) is 10.6 Å². The van der Waals surface area contributed by atoms with Crippen molar-refractivity contribution in [3.63, 3.8) is 0 Å². The Bertz CT molecular complexity index is 610. The summed E-state index contributed by atoms with van der Waals surface area (Å²) in [5, 5.41) is 4.06. The van der Waals surface area contributed by atoms with E-state index in [9.17, 15) is 0 Å². The standard InChI is InChI=1S/C17H20ClNO/c1-11-6-5-7-14(12(11)2)17(19-3)15-9-8-13(18)10-16(15)20-4/h5-10,17,19H,1-4H3. The summed E-state index contributed by atoms with van der Waals surface area (Å²) >= 11 is 6.05. The second kappa shape index (κ2) is 6.29. The molecule has 0 saturated heterocycles. The van der Waals surface area contributed by atoms with Gasteiger partial charge in [-0.05, 0) is 49.7 Å². The minimum atomic E-state index is 0.0853. The van der Waals surface area contributed by atoms with Crippen LogP contribution in [0.25, 0.3) is 0 Å². The van der Waals surface area contributed by atoms with Crippen molar-refractivity contribution < 1.29 is 4.74 Å². The van der Waals surface area contributed by atoms with Gasteiger partial charge in [-0.2, -0.15) is 0 Å². The van der Waals surface area contributed by atoms with Crippen LogP contribution in [0.1, 0.15) is 28.3 Å². The van der Waals surface area contributed by atoms with Gasteiger partial charge in [-0.1, -0.05) is 35.9 Å². The molecule has 2 aromatic carbocycles. The number of hydrogen-bond acceptors (Lipinski definition) is 2. The van der Waals surface area contributed by atoms with Crippen molar-refractivity contribution in [3.05, 3.63) is 63.7 Å². The summed E-state index contributed by atoms with van der Waals surface area (Å²) in [5.41, 5.74) is 4.93. The quantitative estimate of drug-likeness (QED) is 0.907. The SMILES string of the molecule is CNC(c1ccc(Cl)cc1OC)c1cccc(C)c1C. The van der Waals surface area contributed by atoms with Gasteiger partial charge in [0.05, 0.1) is 13.2 Å². The predicted molar refractivity (Wildman–Crippen MR) is 84.8 cm³/mol. The molecule has 1 atom stereocenters. The largest absolute Gasteiger partial charge is 0.496 e. The Labute approximate surface area is 125 Å². The van der Waals surface area contributed by atoms with E-state index in [0.29, 0.717) is 5.02 Å². The van der Waals surface area contributed by atoms with E-state index in [4.69, 9.17) is 16.3 Å². The molecule has 0 aliphatic carbocycles. The number of benzene rings is 2. The van der Waals surface area contributed by atoms with Gasteiger partial charge in [-0.3, -0.25) is 0 Å². The summed E-state index contributed by atoms with van der Waals surface area (Å²) in [6, 6.07) is 12.2. The Hall–Kier alpha value is -1.51. The third-order valence-electron chi connectivity index (χ3n) is 3.75. The Morgan fingerprint density at radius 1 is 1.10 bits per heavy atom. The molecule has 1 unspecified atom stereocenters. The molecule has 1 N–H and O–H groups in total. The van der Waals surface area contributed by atoms with Gasteiger partial charge in [0.15, 0.2) is 0 Å². The number of nitrogens with one attached hydrogen (secondary N) is 1. The fourth-order valence-electron chi connectivity index (χ4n) is 2.49. The number of halogens is 1. The first-order valence-corrected chi connectivity index (χ1v) is 7.03. The Balaban J connectivity index is 2.55. The molecule has 0 saturated carbocycles. The van der Waals surface area contributed by atoms with Crippen molar-refractivity contribution in [1.29, 1.82) is 0 Å². The molecule has 0 aliphatic rings. The summed E-state index contributed by atoms with van der Waals surface area (Å²) in [6.45, 7) is 4.28. The molecule has 106 valence electrons. The van der Waals surface area contributed by atoms with Crippen molar-refractivity contribution in [2.45, 2.75) is 19.9 Å². The molecule has 2 aromatic rings. The van der Waals surface area contributed by atoms with Crippen molar-refractivity contribution in [2.75, 3.05) is 14.2 Å². The topological polar surface area (TPSA) is 21.3 Å². The van der Waals surface area contributed by atoms with E-state index in [-0.39, 0.29) is 6.04 Å². The molecular formula is C17H20ClNO. The average molecular weight is 290 g/mol.